The molecule has 0 radical (unpaired) electrons. The smallest absolute Gasteiger partial charge is 0.359 e. The van der Waals surface area contributed by atoms with Crippen molar-refractivity contribution in [3.05, 3.63) is 11.6 Å². The minimum Gasteiger partial charge on any atom is -0.476 e. The standard InChI is InChI=1S/C7H13NO4/c1-3-11-7(12-4-2)5(8)6(9)10/h3-4,8H2,1-2H3,(H,9,10). The number of rotatable bonds is 5. The Morgan fingerprint density at radius 1 is 1.33 bits per heavy atom. The molecular weight excluding hydrogens is 162 g/mol. The van der Waals surface area contributed by atoms with Crippen molar-refractivity contribution in [2.24, 2.45) is 5.73 Å². The number of carboxylic acid groups (broad SMARTS) is 1. The number of nitrogens with two attached hydrogens (primary N) is 1. The van der Waals surface area contributed by atoms with E-state index in [4.69, 9.17) is 20.3 Å². The highest BCUT2D eigenvalue weighted by Gasteiger charge is 2.12. The molecule has 12 heavy (non-hydrogen) atoms. The third-order valence-electron chi connectivity index (χ3n) is 1.00. The third-order valence-corrected chi connectivity index (χ3v) is 1.00. The minimum absolute atomic E-state index is 0.118. The Kier molecular flexibility index (Phi) is 4.67. The highest BCUT2D eigenvalue weighted by Crippen LogP contribution is 2.03. The molecule has 0 bridgehead atoms. The van der Waals surface area contributed by atoms with Crippen LogP contribution in [-0.2, 0) is 14.3 Å². The van der Waals surface area contributed by atoms with E-state index in [0.717, 1.165) is 0 Å². The van der Waals surface area contributed by atoms with Crippen LogP contribution in [0.4, 0.5) is 0 Å². The van der Waals surface area contributed by atoms with E-state index in [-0.39, 0.29) is 5.95 Å². The molecule has 3 N–H and O–H groups in total. The van der Waals surface area contributed by atoms with Gasteiger partial charge >= 0.3 is 11.9 Å². The lowest BCUT2D eigenvalue weighted by Crippen LogP contribution is -2.16. The first-order valence-electron chi connectivity index (χ1n) is 3.62. The molecule has 0 fully saturated rings. The molecular formula is C7H13NO4. The SMILES string of the molecule is CCOC(OCC)=C(N)C(=O)O. The van der Waals surface area contributed by atoms with Gasteiger partial charge in [-0.1, -0.05) is 0 Å². The van der Waals surface area contributed by atoms with Gasteiger partial charge in [-0.25, -0.2) is 4.79 Å². The Labute approximate surface area is 70.8 Å². The molecule has 0 aliphatic heterocycles. The predicted molar refractivity (Wildman–Crippen MR) is 42.1 cm³/mol. The summed E-state index contributed by atoms with van der Waals surface area (Å²) in [5, 5.41) is 8.46. The van der Waals surface area contributed by atoms with Crippen LogP contribution >= 0.6 is 0 Å². The molecule has 0 amide bonds. The van der Waals surface area contributed by atoms with Gasteiger partial charge in [-0.2, -0.15) is 0 Å². The first-order chi connectivity index (χ1) is 5.63. The topological polar surface area (TPSA) is 81.8 Å². The summed E-state index contributed by atoms with van der Waals surface area (Å²) in [4.78, 5) is 10.3. The van der Waals surface area contributed by atoms with Gasteiger partial charge in [0.1, 0.15) is 0 Å². The highest BCUT2D eigenvalue weighted by molar-refractivity contribution is 5.85. The van der Waals surface area contributed by atoms with Crippen molar-refractivity contribution >= 4 is 5.97 Å². The first kappa shape index (κ1) is 10.6. The van der Waals surface area contributed by atoms with Gasteiger partial charge in [-0.3, -0.25) is 0 Å². The summed E-state index contributed by atoms with van der Waals surface area (Å²) in [5.41, 5.74) is 4.76. The molecule has 0 aromatic heterocycles. The van der Waals surface area contributed by atoms with Crippen LogP contribution in [0.1, 0.15) is 13.8 Å². The van der Waals surface area contributed by atoms with Crippen molar-refractivity contribution in [3.8, 4) is 0 Å². The quantitative estimate of drug-likeness (QED) is 0.463. The lowest BCUT2D eigenvalue weighted by atomic mass is 10.5. The van der Waals surface area contributed by atoms with Gasteiger partial charge in [0.25, 0.3) is 0 Å². The second-order valence-corrected chi connectivity index (χ2v) is 1.87. The van der Waals surface area contributed by atoms with E-state index in [2.05, 4.69) is 0 Å². The zero-order valence-electron chi connectivity index (χ0n) is 7.16. The number of carboxylic acids is 1. The predicted octanol–water partition coefficient (Wildman–Crippen LogP) is 0.272. The van der Waals surface area contributed by atoms with Crippen LogP contribution in [-0.4, -0.2) is 24.3 Å². The van der Waals surface area contributed by atoms with Gasteiger partial charge in [0.05, 0.1) is 13.2 Å². The van der Waals surface area contributed by atoms with Gasteiger partial charge < -0.3 is 20.3 Å². The number of carbonyl (C=O) groups is 1. The second kappa shape index (κ2) is 5.29. The van der Waals surface area contributed by atoms with Crippen LogP contribution in [0.5, 0.6) is 0 Å². The van der Waals surface area contributed by atoms with Gasteiger partial charge in [0.2, 0.25) is 0 Å². The molecule has 5 heteroatoms. The van der Waals surface area contributed by atoms with Crippen molar-refractivity contribution in [1.82, 2.24) is 0 Å². The fraction of sp³-hybridized carbons (Fsp3) is 0.571. The Morgan fingerprint density at radius 3 is 2.00 bits per heavy atom. The largest absolute Gasteiger partial charge is 0.476 e. The summed E-state index contributed by atoms with van der Waals surface area (Å²) in [5.74, 6) is -1.36. The fourth-order valence-corrected chi connectivity index (χ4v) is 0.547. The molecule has 0 saturated heterocycles. The van der Waals surface area contributed by atoms with E-state index in [1.54, 1.807) is 13.8 Å². The number of ether oxygens (including phenoxy) is 2. The van der Waals surface area contributed by atoms with Crippen molar-refractivity contribution in [2.75, 3.05) is 13.2 Å². The second-order valence-electron chi connectivity index (χ2n) is 1.87. The molecule has 0 saturated carbocycles. The Hall–Kier alpha value is -1.39. The molecule has 0 heterocycles. The van der Waals surface area contributed by atoms with Crippen molar-refractivity contribution in [1.29, 1.82) is 0 Å². The Bertz CT molecular complexity index is 180. The molecule has 0 aliphatic carbocycles. The maximum atomic E-state index is 10.3. The lowest BCUT2D eigenvalue weighted by Gasteiger charge is -2.09. The molecule has 70 valence electrons. The maximum absolute atomic E-state index is 10.3. The molecule has 0 spiro atoms. The van der Waals surface area contributed by atoms with Gasteiger partial charge in [-0.15, -0.1) is 0 Å². The summed E-state index contributed by atoms with van der Waals surface area (Å²) >= 11 is 0. The molecule has 0 atom stereocenters. The zero-order valence-corrected chi connectivity index (χ0v) is 7.16. The average Bonchev–Trinajstić information content (AvgIpc) is 2.03. The van der Waals surface area contributed by atoms with Crippen LogP contribution in [0.2, 0.25) is 0 Å². The van der Waals surface area contributed by atoms with Crippen LogP contribution in [0.15, 0.2) is 11.6 Å². The molecule has 5 nitrogen and oxygen atoms in total. The van der Waals surface area contributed by atoms with E-state index in [1.807, 2.05) is 0 Å². The summed E-state index contributed by atoms with van der Waals surface area (Å²) in [6, 6.07) is 0. The zero-order chi connectivity index (χ0) is 9.56. The minimum atomic E-state index is -1.24. The normalized spacial score (nSPS) is 8.83. The number of aliphatic carboxylic acids is 1. The van der Waals surface area contributed by atoms with Gasteiger partial charge in [0, 0.05) is 0 Å². The molecule has 0 aromatic carbocycles. The molecule has 0 aromatic rings. The Morgan fingerprint density at radius 2 is 1.75 bits per heavy atom. The van der Waals surface area contributed by atoms with Gasteiger partial charge in [0.15, 0.2) is 5.70 Å². The summed E-state index contributed by atoms with van der Waals surface area (Å²) in [6.45, 7) is 4.08. The van der Waals surface area contributed by atoms with Crippen molar-refractivity contribution < 1.29 is 19.4 Å². The monoisotopic (exact) mass is 175 g/mol. The lowest BCUT2D eigenvalue weighted by molar-refractivity contribution is -0.133. The van der Waals surface area contributed by atoms with Crippen molar-refractivity contribution in [3.63, 3.8) is 0 Å². The Balaban J connectivity index is 4.43. The summed E-state index contributed by atoms with van der Waals surface area (Å²) in [7, 11) is 0. The van der Waals surface area contributed by atoms with Crippen molar-refractivity contribution in [2.45, 2.75) is 13.8 Å². The molecule has 0 aliphatic rings. The summed E-state index contributed by atoms with van der Waals surface area (Å²) in [6.07, 6.45) is 0. The van der Waals surface area contributed by atoms with E-state index in [9.17, 15) is 4.79 Å². The van der Waals surface area contributed by atoms with Crippen LogP contribution in [0.25, 0.3) is 0 Å². The first-order valence-corrected chi connectivity index (χ1v) is 3.62. The molecule has 0 unspecified atom stereocenters. The maximum Gasteiger partial charge on any atom is 0.359 e. The third kappa shape index (κ3) is 3.14. The van der Waals surface area contributed by atoms with E-state index >= 15 is 0 Å². The van der Waals surface area contributed by atoms with Crippen LogP contribution < -0.4 is 5.73 Å². The summed E-state index contributed by atoms with van der Waals surface area (Å²) < 4.78 is 9.71. The van der Waals surface area contributed by atoms with Gasteiger partial charge in [-0.05, 0) is 13.8 Å². The van der Waals surface area contributed by atoms with E-state index in [0.29, 0.717) is 13.2 Å². The van der Waals surface area contributed by atoms with Crippen LogP contribution in [0, 0.1) is 0 Å². The van der Waals surface area contributed by atoms with Crippen LogP contribution in [0.3, 0.4) is 0 Å². The average molecular weight is 175 g/mol. The van der Waals surface area contributed by atoms with E-state index < -0.39 is 11.7 Å². The highest BCUT2D eigenvalue weighted by atomic mass is 16.7. The fourth-order valence-electron chi connectivity index (χ4n) is 0.547. The molecule has 0 rings (SSSR count). The number of hydrogen-bond donors (Lipinski definition) is 2. The van der Waals surface area contributed by atoms with E-state index in [1.165, 1.54) is 0 Å². The number of hydrogen-bond acceptors (Lipinski definition) is 4.